The molecule has 2 fully saturated rings. The van der Waals surface area contributed by atoms with Crippen LogP contribution in [-0.4, -0.2) is 42.6 Å². The summed E-state index contributed by atoms with van der Waals surface area (Å²) in [4.78, 5) is 14.5. The average Bonchev–Trinajstić information content (AvgIpc) is 2.79. The summed E-state index contributed by atoms with van der Waals surface area (Å²) in [6.07, 6.45) is 4.07. The molecule has 2 N–H and O–H groups in total. The van der Waals surface area contributed by atoms with Crippen molar-refractivity contribution in [2.75, 3.05) is 20.2 Å². The van der Waals surface area contributed by atoms with E-state index in [1.807, 2.05) is 18.7 Å². The van der Waals surface area contributed by atoms with Crippen LogP contribution in [0.5, 0.6) is 0 Å². The van der Waals surface area contributed by atoms with Crippen LogP contribution in [0, 0.1) is 11.8 Å². The molecule has 18 heavy (non-hydrogen) atoms. The molecule has 1 amide bonds. The maximum absolute atomic E-state index is 12.5. The lowest BCUT2D eigenvalue weighted by atomic mass is 9.79. The molecule has 2 unspecified atom stereocenters. The van der Waals surface area contributed by atoms with E-state index in [-0.39, 0.29) is 5.91 Å². The van der Waals surface area contributed by atoms with Crippen molar-refractivity contribution in [3.05, 3.63) is 0 Å². The number of likely N-dealkylation sites (tertiary alicyclic amines) is 1. The first-order valence-corrected chi connectivity index (χ1v) is 7.10. The second-order valence-electron chi connectivity index (χ2n) is 6.09. The van der Waals surface area contributed by atoms with Gasteiger partial charge in [-0.3, -0.25) is 4.79 Å². The van der Waals surface area contributed by atoms with Crippen molar-refractivity contribution in [3.63, 3.8) is 0 Å². The van der Waals surface area contributed by atoms with E-state index < -0.39 is 5.60 Å². The van der Waals surface area contributed by atoms with Crippen molar-refractivity contribution >= 4 is 5.91 Å². The molecule has 104 valence electrons. The second-order valence-corrected chi connectivity index (χ2v) is 6.09. The highest BCUT2D eigenvalue weighted by Crippen LogP contribution is 2.36. The molecule has 0 radical (unpaired) electrons. The maximum atomic E-state index is 12.5. The SMILES string of the molecule is CCC(C)(OC)C(=O)N1C[C@H]2CCC(N)C[C@H]2C1. The normalized spacial score (nSPS) is 35.1. The van der Waals surface area contributed by atoms with Crippen molar-refractivity contribution in [1.29, 1.82) is 0 Å². The van der Waals surface area contributed by atoms with Crippen molar-refractivity contribution < 1.29 is 9.53 Å². The van der Waals surface area contributed by atoms with Gasteiger partial charge in [0.25, 0.3) is 5.91 Å². The van der Waals surface area contributed by atoms with Crippen LogP contribution in [0.3, 0.4) is 0 Å². The fourth-order valence-electron chi connectivity index (χ4n) is 3.35. The van der Waals surface area contributed by atoms with Gasteiger partial charge in [0.15, 0.2) is 0 Å². The number of fused-ring (bicyclic) bond motifs is 1. The zero-order valence-corrected chi connectivity index (χ0v) is 11.8. The molecule has 1 heterocycles. The average molecular weight is 254 g/mol. The Kier molecular flexibility index (Phi) is 3.97. The Hall–Kier alpha value is -0.610. The molecule has 1 aliphatic heterocycles. The summed E-state index contributed by atoms with van der Waals surface area (Å²) in [6, 6.07) is 0.335. The zero-order valence-electron chi connectivity index (χ0n) is 11.8. The van der Waals surface area contributed by atoms with Crippen LogP contribution in [0.1, 0.15) is 39.5 Å². The molecule has 0 aromatic rings. The maximum Gasteiger partial charge on any atom is 0.254 e. The summed E-state index contributed by atoms with van der Waals surface area (Å²) < 4.78 is 5.42. The standard InChI is InChI=1S/C14H26N2O2/c1-4-14(2,18-3)13(17)16-8-10-5-6-12(15)7-11(10)9-16/h10-12H,4-9,15H2,1-3H3/t10-,11+,12?,14?/m1/s1. The molecular formula is C14H26N2O2. The summed E-state index contributed by atoms with van der Waals surface area (Å²) in [5.41, 5.74) is 5.37. The van der Waals surface area contributed by atoms with E-state index in [2.05, 4.69) is 0 Å². The summed E-state index contributed by atoms with van der Waals surface area (Å²) in [5.74, 6) is 1.41. The molecule has 4 nitrogen and oxygen atoms in total. The van der Waals surface area contributed by atoms with Crippen molar-refractivity contribution in [1.82, 2.24) is 4.90 Å². The fourth-order valence-corrected chi connectivity index (χ4v) is 3.35. The van der Waals surface area contributed by atoms with E-state index in [9.17, 15) is 4.79 Å². The minimum Gasteiger partial charge on any atom is -0.369 e. The number of hydrogen-bond acceptors (Lipinski definition) is 3. The molecule has 4 heteroatoms. The van der Waals surface area contributed by atoms with E-state index in [0.29, 0.717) is 24.3 Å². The third-order valence-electron chi connectivity index (χ3n) is 4.96. The minimum atomic E-state index is -0.657. The van der Waals surface area contributed by atoms with E-state index in [0.717, 1.165) is 25.9 Å². The quantitative estimate of drug-likeness (QED) is 0.828. The monoisotopic (exact) mass is 254 g/mol. The smallest absolute Gasteiger partial charge is 0.254 e. The molecule has 2 rings (SSSR count). The largest absolute Gasteiger partial charge is 0.369 e. The first kappa shape index (κ1) is 13.8. The van der Waals surface area contributed by atoms with E-state index in [1.165, 1.54) is 6.42 Å². The zero-order chi connectivity index (χ0) is 13.3. The van der Waals surface area contributed by atoms with Crippen LogP contribution in [0.4, 0.5) is 0 Å². The first-order valence-electron chi connectivity index (χ1n) is 7.10. The van der Waals surface area contributed by atoms with Crippen LogP contribution < -0.4 is 5.73 Å². The molecule has 1 aliphatic carbocycles. The molecule has 2 aliphatic rings. The summed E-state index contributed by atoms with van der Waals surface area (Å²) in [5, 5.41) is 0. The molecule has 0 bridgehead atoms. The Morgan fingerprint density at radius 2 is 2.06 bits per heavy atom. The van der Waals surface area contributed by atoms with Gasteiger partial charge in [0.05, 0.1) is 0 Å². The molecule has 4 atom stereocenters. The fraction of sp³-hybridized carbons (Fsp3) is 0.929. The van der Waals surface area contributed by atoms with Gasteiger partial charge in [-0.05, 0) is 44.4 Å². The van der Waals surface area contributed by atoms with Gasteiger partial charge in [-0.1, -0.05) is 6.92 Å². The van der Waals surface area contributed by atoms with Crippen LogP contribution >= 0.6 is 0 Å². The van der Waals surface area contributed by atoms with Crippen LogP contribution in [0.15, 0.2) is 0 Å². The van der Waals surface area contributed by atoms with Gasteiger partial charge in [-0.25, -0.2) is 0 Å². The summed E-state index contributed by atoms with van der Waals surface area (Å²) >= 11 is 0. The predicted molar refractivity (Wildman–Crippen MR) is 71.1 cm³/mol. The Morgan fingerprint density at radius 3 is 2.67 bits per heavy atom. The Morgan fingerprint density at radius 1 is 1.39 bits per heavy atom. The van der Waals surface area contributed by atoms with E-state index >= 15 is 0 Å². The number of ether oxygens (including phenoxy) is 1. The number of nitrogens with zero attached hydrogens (tertiary/aromatic N) is 1. The second kappa shape index (κ2) is 5.17. The number of methoxy groups -OCH3 is 1. The molecular weight excluding hydrogens is 228 g/mol. The van der Waals surface area contributed by atoms with E-state index in [1.54, 1.807) is 7.11 Å². The first-order chi connectivity index (χ1) is 8.50. The lowest BCUT2D eigenvalue weighted by Crippen LogP contribution is -2.47. The number of hydrogen-bond donors (Lipinski definition) is 1. The predicted octanol–water partition coefficient (Wildman–Crippen LogP) is 1.39. The Bertz CT molecular complexity index is 315. The third kappa shape index (κ3) is 2.41. The topological polar surface area (TPSA) is 55.6 Å². The van der Waals surface area contributed by atoms with Crippen LogP contribution in [0.2, 0.25) is 0 Å². The molecule has 0 aromatic heterocycles. The minimum absolute atomic E-state index is 0.149. The van der Waals surface area contributed by atoms with Gasteiger partial charge in [-0.2, -0.15) is 0 Å². The van der Waals surface area contributed by atoms with Gasteiger partial charge in [0.1, 0.15) is 5.60 Å². The van der Waals surface area contributed by atoms with Crippen molar-refractivity contribution in [3.8, 4) is 0 Å². The number of amides is 1. The molecule has 0 spiro atoms. The van der Waals surface area contributed by atoms with Gasteiger partial charge in [-0.15, -0.1) is 0 Å². The summed E-state index contributed by atoms with van der Waals surface area (Å²) in [7, 11) is 1.63. The number of carbonyl (C=O) groups is 1. The molecule has 0 aromatic carbocycles. The highest BCUT2D eigenvalue weighted by Gasteiger charge is 2.43. The van der Waals surface area contributed by atoms with Gasteiger partial charge in [0, 0.05) is 26.2 Å². The van der Waals surface area contributed by atoms with Crippen LogP contribution in [0.25, 0.3) is 0 Å². The van der Waals surface area contributed by atoms with Gasteiger partial charge >= 0.3 is 0 Å². The van der Waals surface area contributed by atoms with Crippen molar-refractivity contribution in [2.24, 2.45) is 17.6 Å². The number of nitrogens with two attached hydrogens (primary N) is 1. The highest BCUT2D eigenvalue weighted by atomic mass is 16.5. The highest BCUT2D eigenvalue weighted by molar-refractivity contribution is 5.85. The van der Waals surface area contributed by atoms with Crippen LogP contribution in [-0.2, 0) is 9.53 Å². The third-order valence-corrected chi connectivity index (χ3v) is 4.96. The number of carbonyl (C=O) groups excluding carboxylic acids is 1. The molecule has 1 saturated carbocycles. The summed E-state index contributed by atoms with van der Waals surface area (Å²) in [6.45, 7) is 5.66. The van der Waals surface area contributed by atoms with Crippen molar-refractivity contribution in [2.45, 2.75) is 51.2 Å². The lowest BCUT2D eigenvalue weighted by Gasteiger charge is -2.30. The Labute approximate surface area is 110 Å². The Balaban J connectivity index is 2.02. The molecule has 1 saturated heterocycles. The van der Waals surface area contributed by atoms with E-state index in [4.69, 9.17) is 10.5 Å². The van der Waals surface area contributed by atoms with Gasteiger partial charge < -0.3 is 15.4 Å². The van der Waals surface area contributed by atoms with Gasteiger partial charge in [0.2, 0.25) is 0 Å². The lowest BCUT2D eigenvalue weighted by molar-refractivity contribution is -0.152. The number of rotatable bonds is 3.